The fourth-order valence-electron chi connectivity index (χ4n) is 2.44. The van der Waals surface area contributed by atoms with Crippen LogP contribution in [0.5, 0.6) is 0 Å². The van der Waals surface area contributed by atoms with E-state index >= 15 is 0 Å². The first-order valence-corrected chi connectivity index (χ1v) is 8.86. The quantitative estimate of drug-likeness (QED) is 0.426. The molecule has 0 unspecified atom stereocenters. The summed E-state index contributed by atoms with van der Waals surface area (Å²) in [5.74, 6) is -1.14. The van der Waals surface area contributed by atoms with Gasteiger partial charge in [0.2, 0.25) is 0 Å². The molecule has 0 bridgehead atoms. The first-order valence-electron chi connectivity index (χ1n) is 8.86. The number of hydrazine groups is 1. The van der Waals surface area contributed by atoms with Crippen molar-refractivity contribution in [2.75, 3.05) is 5.32 Å². The summed E-state index contributed by atoms with van der Waals surface area (Å²) in [7, 11) is 0. The lowest BCUT2D eigenvalue weighted by Crippen LogP contribution is -2.51. The first kappa shape index (κ1) is 19.6. The van der Waals surface area contributed by atoms with Crippen LogP contribution in [0.3, 0.4) is 0 Å². The summed E-state index contributed by atoms with van der Waals surface area (Å²) >= 11 is 0. The number of nitrogens with zero attached hydrogens (tertiary/aromatic N) is 1. The SMILES string of the molecule is C[C@@H](NC(=O)Nc1ccccc1)C(=O)NNC(=O)c1cc(-c2ccccc2)n[nH]1. The molecule has 5 N–H and O–H groups in total. The topological polar surface area (TPSA) is 128 Å². The maximum Gasteiger partial charge on any atom is 0.319 e. The summed E-state index contributed by atoms with van der Waals surface area (Å²) in [6.07, 6.45) is 0. The van der Waals surface area contributed by atoms with Gasteiger partial charge in [-0.1, -0.05) is 48.5 Å². The summed E-state index contributed by atoms with van der Waals surface area (Å²) in [6.45, 7) is 1.50. The van der Waals surface area contributed by atoms with E-state index in [1.165, 1.54) is 6.92 Å². The highest BCUT2D eigenvalue weighted by atomic mass is 16.2. The molecule has 4 amide bonds. The van der Waals surface area contributed by atoms with Gasteiger partial charge < -0.3 is 10.6 Å². The Bertz CT molecular complexity index is 988. The summed E-state index contributed by atoms with van der Waals surface area (Å²) in [5.41, 5.74) is 6.80. The van der Waals surface area contributed by atoms with Crippen molar-refractivity contribution in [3.8, 4) is 11.3 Å². The van der Waals surface area contributed by atoms with Gasteiger partial charge >= 0.3 is 6.03 Å². The number of hydrogen-bond acceptors (Lipinski definition) is 4. The van der Waals surface area contributed by atoms with Gasteiger partial charge in [0, 0.05) is 11.3 Å². The lowest BCUT2D eigenvalue weighted by atomic mass is 10.1. The number of para-hydroxylation sites is 1. The van der Waals surface area contributed by atoms with Crippen molar-refractivity contribution in [2.45, 2.75) is 13.0 Å². The molecule has 1 aromatic heterocycles. The third-order valence-corrected chi connectivity index (χ3v) is 3.96. The molecule has 0 spiro atoms. The van der Waals surface area contributed by atoms with Crippen molar-refractivity contribution in [2.24, 2.45) is 0 Å². The molecule has 1 atom stereocenters. The standard InChI is InChI=1S/C20H20N6O3/c1-13(21-20(29)22-15-10-6-3-7-11-15)18(27)25-26-19(28)17-12-16(23-24-17)14-8-4-2-5-9-14/h2-13H,1H3,(H,23,24)(H,25,27)(H,26,28)(H2,21,22,29)/t13-/m1/s1. The highest BCUT2D eigenvalue weighted by molar-refractivity contribution is 5.96. The Balaban J connectivity index is 1.47. The molecule has 148 valence electrons. The molecule has 3 rings (SSSR count). The Kier molecular flexibility index (Phi) is 6.21. The van der Waals surface area contributed by atoms with Gasteiger partial charge in [0.1, 0.15) is 11.7 Å². The second-order valence-corrected chi connectivity index (χ2v) is 6.16. The van der Waals surface area contributed by atoms with Gasteiger partial charge in [-0.05, 0) is 25.1 Å². The normalized spacial score (nSPS) is 11.2. The molecular weight excluding hydrogens is 372 g/mol. The molecule has 29 heavy (non-hydrogen) atoms. The van der Waals surface area contributed by atoms with Gasteiger partial charge in [-0.2, -0.15) is 5.10 Å². The number of anilines is 1. The highest BCUT2D eigenvalue weighted by Crippen LogP contribution is 2.16. The smallest absolute Gasteiger partial charge is 0.319 e. The maximum absolute atomic E-state index is 12.2. The van der Waals surface area contributed by atoms with Crippen LogP contribution in [0.1, 0.15) is 17.4 Å². The van der Waals surface area contributed by atoms with Gasteiger partial charge in [-0.25, -0.2) is 4.79 Å². The third kappa shape index (κ3) is 5.42. The highest BCUT2D eigenvalue weighted by Gasteiger charge is 2.17. The molecule has 2 aromatic carbocycles. The van der Waals surface area contributed by atoms with Crippen LogP contribution in [-0.2, 0) is 4.79 Å². The van der Waals surface area contributed by atoms with Crippen LogP contribution < -0.4 is 21.5 Å². The minimum Gasteiger partial charge on any atom is -0.326 e. The van der Waals surface area contributed by atoms with Crippen LogP contribution in [0.25, 0.3) is 11.3 Å². The number of rotatable bonds is 5. The summed E-state index contributed by atoms with van der Waals surface area (Å²) in [5, 5.41) is 11.8. The first-order chi connectivity index (χ1) is 14.0. The van der Waals surface area contributed by atoms with Crippen molar-refractivity contribution in [3.05, 3.63) is 72.4 Å². The lowest BCUT2D eigenvalue weighted by molar-refractivity contribution is -0.123. The van der Waals surface area contributed by atoms with E-state index in [1.54, 1.807) is 30.3 Å². The Labute approximate surface area is 166 Å². The van der Waals surface area contributed by atoms with E-state index in [-0.39, 0.29) is 5.69 Å². The molecule has 0 fully saturated rings. The van der Waals surface area contributed by atoms with Gasteiger partial charge in [0.15, 0.2) is 0 Å². The molecule has 0 aliphatic rings. The molecule has 0 saturated heterocycles. The molecular formula is C20H20N6O3. The van der Waals surface area contributed by atoms with Crippen molar-refractivity contribution in [1.29, 1.82) is 0 Å². The predicted molar refractivity (Wildman–Crippen MR) is 108 cm³/mol. The van der Waals surface area contributed by atoms with Gasteiger partial charge in [-0.15, -0.1) is 0 Å². The van der Waals surface area contributed by atoms with Crippen LogP contribution in [0.15, 0.2) is 66.7 Å². The Morgan fingerprint density at radius 1 is 0.931 bits per heavy atom. The van der Waals surface area contributed by atoms with E-state index in [0.717, 1.165) is 5.56 Å². The summed E-state index contributed by atoms with van der Waals surface area (Å²) < 4.78 is 0. The zero-order chi connectivity index (χ0) is 20.6. The minimum absolute atomic E-state index is 0.187. The van der Waals surface area contributed by atoms with Crippen molar-refractivity contribution in [3.63, 3.8) is 0 Å². The van der Waals surface area contributed by atoms with Crippen molar-refractivity contribution < 1.29 is 14.4 Å². The van der Waals surface area contributed by atoms with Crippen LogP contribution in [0, 0.1) is 0 Å². The number of urea groups is 1. The van der Waals surface area contributed by atoms with Crippen molar-refractivity contribution >= 4 is 23.5 Å². The number of nitrogens with one attached hydrogen (secondary N) is 5. The molecule has 3 aromatic rings. The summed E-state index contributed by atoms with van der Waals surface area (Å²) in [6, 6.07) is 18.3. The second kappa shape index (κ2) is 9.18. The number of hydrogen-bond donors (Lipinski definition) is 5. The Morgan fingerprint density at radius 2 is 1.59 bits per heavy atom. The van der Waals surface area contributed by atoms with Crippen molar-refractivity contribution in [1.82, 2.24) is 26.4 Å². The Hall–Kier alpha value is -4.14. The zero-order valence-electron chi connectivity index (χ0n) is 15.6. The van der Waals surface area contributed by atoms with Gasteiger partial charge in [-0.3, -0.25) is 25.5 Å². The zero-order valence-corrected chi connectivity index (χ0v) is 15.6. The largest absolute Gasteiger partial charge is 0.326 e. The monoisotopic (exact) mass is 392 g/mol. The molecule has 1 heterocycles. The summed E-state index contributed by atoms with van der Waals surface area (Å²) in [4.78, 5) is 36.2. The number of carbonyl (C=O) groups excluding carboxylic acids is 3. The third-order valence-electron chi connectivity index (χ3n) is 3.96. The van der Waals surface area contributed by atoms with E-state index < -0.39 is 23.9 Å². The molecule has 0 aliphatic heterocycles. The van der Waals surface area contributed by atoms with Crippen LogP contribution >= 0.6 is 0 Å². The molecule has 9 heteroatoms. The fourth-order valence-corrected chi connectivity index (χ4v) is 2.44. The lowest BCUT2D eigenvalue weighted by Gasteiger charge is -2.15. The molecule has 9 nitrogen and oxygen atoms in total. The van der Waals surface area contributed by atoms with Crippen LogP contribution in [0.4, 0.5) is 10.5 Å². The van der Waals surface area contributed by atoms with E-state index in [4.69, 9.17) is 0 Å². The molecule has 0 radical (unpaired) electrons. The number of carbonyl (C=O) groups is 3. The number of amides is 4. The number of aromatic amines is 1. The minimum atomic E-state index is -0.874. The Morgan fingerprint density at radius 3 is 2.28 bits per heavy atom. The van der Waals surface area contributed by atoms with E-state index in [9.17, 15) is 14.4 Å². The van der Waals surface area contributed by atoms with E-state index in [2.05, 4.69) is 31.7 Å². The van der Waals surface area contributed by atoms with Crippen LogP contribution in [0.2, 0.25) is 0 Å². The molecule has 0 saturated carbocycles. The second-order valence-electron chi connectivity index (χ2n) is 6.16. The fraction of sp³-hybridized carbons (Fsp3) is 0.100. The maximum atomic E-state index is 12.2. The molecule has 0 aliphatic carbocycles. The number of aromatic nitrogens is 2. The van der Waals surface area contributed by atoms with Gasteiger partial charge in [0.05, 0.1) is 5.69 Å². The predicted octanol–water partition coefficient (Wildman–Crippen LogP) is 2.05. The van der Waals surface area contributed by atoms with Crippen LogP contribution in [-0.4, -0.2) is 34.1 Å². The average molecular weight is 392 g/mol. The average Bonchev–Trinajstić information content (AvgIpc) is 3.23. The van der Waals surface area contributed by atoms with E-state index in [1.807, 2.05) is 36.4 Å². The number of benzene rings is 2. The number of H-pyrrole nitrogens is 1. The van der Waals surface area contributed by atoms with E-state index in [0.29, 0.717) is 11.4 Å². The van der Waals surface area contributed by atoms with Gasteiger partial charge in [0.25, 0.3) is 11.8 Å².